The molecule has 0 aliphatic carbocycles. The molecule has 0 radical (unpaired) electrons. The van der Waals surface area contributed by atoms with Crippen LogP contribution in [0, 0.1) is 5.41 Å². The van der Waals surface area contributed by atoms with Crippen LogP contribution in [0.1, 0.15) is 34.6 Å². The molecule has 0 aromatic rings. The summed E-state index contributed by atoms with van der Waals surface area (Å²) < 4.78 is 5.42. The molecule has 0 atom stereocenters. The van der Waals surface area contributed by atoms with Gasteiger partial charge in [-0.15, -0.1) is 0 Å². The van der Waals surface area contributed by atoms with Crippen LogP contribution in [0.4, 0.5) is 0 Å². The van der Waals surface area contributed by atoms with Gasteiger partial charge in [0, 0.05) is 5.41 Å². The minimum atomic E-state index is 0.157. The van der Waals surface area contributed by atoms with Crippen molar-refractivity contribution in [1.29, 1.82) is 0 Å². The minimum absolute atomic E-state index is 0.157. The van der Waals surface area contributed by atoms with E-state index in [1.807, 2.05) is 19.9 Å². The fourth-order valence-corrected chi connectivity index (χ4v) is 0.888. The second-order valence-corrected chi connectivity index (χ2v) is 3.34. The van der Waals surface area contributed by atoms with Crippen LogP contribution in [-0.4, -0.2) is 6.61 Å². The Labute approximate surface area is 64.1 Å². The maximum atomic E-state index is 5.42. The second-order valence-electron chi connectivity index (χ2n) is 3.34. The molecule has 0 fully saturated rings. The molecule has 0 saturated heterocycles. The lowest BCUT2D eigenvalue weighted by atomic mass is 9.94. The summed E-state index contributed by atoms with van der Waals surface area (Å²) in [6.45, 7) is 11.2. The van der Waals surface area contributed by atoms with E-state index in [-0.39, 0.29) is 5.41 Å². The van der Waals surface area contributed by atoms with Crippen LogP contribution in [0.15, 0.2) is 11.8 Å². The normalized spacial score (nSPS) is 13.5. The highest BCUT2D eigenvalue weighted by Gasteiger charge is 2.16. The molecule has 0 spiro atoms. The van der Waals surface area contributed by atoms with Crippen LogP contribution in [0.2, 0.25) is 0 Å². The smallest absolute Gasteiger partial charge is 0.0970 e. The highest BCUT2D eigenvalue weighted by atomic mass is 16.5. The summed E-state index contributed by atoms with van der Waals surface area (Å²) >= 11 is 0. The topological polar surface area (TPSA) is 9.23 Å². The van der Waals surface area contributed by atoms with Crippen molar-refractivity contribution in [2.24, 2.45) is 5.41 Å². The first-order chi connectivity index (χ1) is 4.52. The zero-order chi connectivity index (χ0) is 8.20. The third-order valence-corrected chi connectivity index (χ3v) is 1.30. The zero-order valence-corrected chi connectivity index (χ0v) is 7.69. The van der Waals surface area contributed by atoms with Crippen LogP contribution in [0.5, 0.6) is 0 Å². The van der Waals surface area contributed by atoms with E-state index in [0.29, 0.717) is 0 Å². The number of hydrogen-bond donors (Lipinski definition) is 0. The number of ether oxygens (including phenoxy) is 1. The summed E-state index contributed by atoms with van der Waals surface area (Å²) in [6, 6.07) is 0. The minimum Gasteiger partial charge on any atom is -0.498 e. The molecule has 1 heteroatoms. The van der Waals surface area contributed by atoms with Crippen molar-refractivity contribution in [3.05, 3.63) is 11.8 Å². The van der Waals surface area contributed by atoms with E-state index in [2.05, 4.69) is 20.8 Å². The first-order valence-corrected chi connectivity index (χ1v) is 3.82. The van der Waals surface area contributed by atoms with Gasteiger partial charge in [0.05, 0.1) is 12.4 Å². The van der Waals surface area contributed by atoms with Crippen molar-refractivity contribution < 1.29 is 4.74 Å². The van der Waals surface area contributed by atoms with E-state index in [0.717, 1.165) is 12.4 Å². The Hall–Kier alpha value is -0.460. The van der Waals surface area contributed by atoms with Gasteiger partial charge in [-0.1, -0.05) is 20.8 Å². The molecule has 0 amide bonds. The second kappa shape index (κ2) is 3.65. The number of allylic oxidation sites excluding steroid dienone is 2. The molecular formula is C9H18O. The molecule has 10 heavy (non-hydrogen) atoms. The van der Waals surface area contributed by atoms with E-state index in [1.165, 1.54) is 0 Å². The average molecular weight is 142 g/mol. The standard InChI is InChI=1S/C9H18O/c1-6-8(10-7-2)9(3,4)5/h6H,7H2,1-5H3/b8-6-. The zero-order valence-electron chi connectivity index (χ0n) is 7.69. The monoisotopic (exact) mass is 142 g/mol. The lowest BCUT2D eigenvalue weighted by Gasteiger charge is -2.22. The van der Waals surface area contributed by atoms with Crippen molar-refractivity contribution in [3.63, 3.8) is 0 Å². The molecule has 0 aromatic heterocycles. The van der Waals surface area contributed by atoms with E-state index in [9.17, 15) is 0 Å². The maximum Gasteiger partial charge on any atom is 0.0970 e. The van der Waals surface area contributed by atoms with Crippen molar-refractivity contribution in [3.8, 4) is 0 Å². The fraction of sp³-hybridized carbons (Fsp3) is 0.778. The Balaban J connectivity index is 4.10. The van der Waals surface area contributed by atoms with Gasteiger partial charge in [-0.3, -0.25) is 0 Å². The molecule has 0 unspecified atom stereocenters. The van der Waals surface area contributed by atoms with Gasteiger partial charge in [-0.25, -0.2) is 0 Å². The lowest BCUT2D eigenvalue weighted by Crippen LogP contribution is -2.12. The third kappa shape index (κ3) is 2.90. The average Bonchev–Trinajstić information content (AvgIpc) is 1.80. The van der Waals surface area contributed by atoms with Crippen molar-refractivity contribution in [2.75, 3.05) is 6.61 Å². The highest BCUT2D eigenvalue weighted by molar-refractivity contribution is 5.00. The molecule has 0 aliphatic rings. The van der Waals surface area contributed by atoms with Crippen molar-refractivity contribution >= 4 is 0 Å². The lowest BCUT2D eigenvalue weighted by molar-refractivity contribution is 0.163. The Kier molecular flexibility index (Phi) is 3.48. The molecule has 60 valence electrons. The van der Waals surface area contributed by atoms with Crippen molar-refractivity contribution in [2.45, 2.75) is 34.6 Å². The van der Waals surface area contributed by atoms with E-state index >= 15 is 0 Å². The van der Waals surface area contributed by atoms with Gasteiger partial charge in [0.2, 0.25) is 0 Å². The molecular weight excluding hydrogens is 124 g/mol. The van der Waals surface area contributed by atoms with Gasteiger partial charge in [0.15, 0.2) is 0 Å². The predicted molar refractivity (Wildman–Crippen MR) is 44.8 cm³/mol. The van der Waals surface area contributed by atoms with E-state index in [4.69, 9.17) is 4.74 Å². The Morgan fingerprint density at radius 2 is 1.90 bits per heavy atom. The van der Waals surface area contributed by atoms with Crippen LogP contribution in [0.25, 0.3) is 0 Å². The number of hydrogen-bond acceptors (Lipinski definition) is 1. The summed E-state index contributed by atoms with van der Waals surface area (Å²) in [5, 5.41) is 0. The van der Waals surface area contributed by atoms with Gasteiger partial charge in [0.25, 0.3) is 0 Å². The highest BCUT2D eigenvalue weighted by Crippen LogP contribution is 2.25. The van der Waals surface area contributed by atoms with Gasteiger partial charge in [-0.2, -0.15) is 0 Å². The van der Waals surface area contributed by atoms with Gasteiger partial charge in [-0.05, 0) is 19.9 Å². The maximum absolute atomic E-state index is 5.42. The van der Waals surface area contributed by atoms with Gasteiger partial charge in [0.1, 0.15) is 0 Å². The summed E-state index contributed by atoms with van der Waals surface area (Å²) in [5.41, 5.74) is 0.157. The van der Waals surface area contributed by atoms with Crippen LogP contribution in [-0.2, 0) is 4.74 Å². The van der Waals surface area contributed by atoms with Gasteiger partial charge < -0.3 is 4.74 Å². The van der Waals surface area contributed by atoms with Crippen LogP contribution < -0.4 is 0 Å². The largest absolute Gasteiger partial charge is 0.498 e. The first-order valence-electron chi connectivity index (χ1n) is 3.82. The first kappa shape index (κ1) is 9.54. The molecule has 0 rings (SSSR count). The molecule has 0 saturated carbocycles. The summed E-state index contributed by atoms with van der Waals surface area (Å²) in [7, 11) is 0. The van der Waals surface area contributed by atoms with E-state index < -0.39 is 0 Å². The molecule has 0 aliphatic heterocycles. The SMILES string of the molecule is C/C=C(\OCC)C(C)(C)C. The Morgan fingerprint density at radius 1 is 1.40 bits per heavy atom. The summed E-state index contributed by atoms with van der Waals surface area (Å²) in [4.78, 5) is 0. The molecule has 0 bridgehead atoms. The molecule has 1 nitrogen and oxygen atoms in total. The molecule has 0 aromatic carbocycles. The summed E-state index contributed by atoms with van der Waals surface area (Å²) in [6.07, 6.45) is 2.03. The van der Waals surface area contributed by atoms with Gasteiger partial charge >= 0.3 is 0 Å². The Morgan fingerprint density at radius 3 is 2.00 bits per heavy atom. The predicted octanol–water partition coefficient (Wildman–Crippen LogP) is 2.97. The Bertz CT molecular complexity index is 117. The van der Waals surface area contributed by atoms with Crippen LogP contribution >= 0.6 is 0 Å². The van der Waals surface area contributed by atoms with Crippen molar-refractivity contribution in [1.82, 2.24) is 0 Å². The number of rotatable bonds is 2. The molecule has 0 N–H and O–H groups in total. The molecule has 0 heterocycles. The van der Waals surface area contributed by atoms with E-state index in [1.54, 1.807) is 0 Å². The van der Waals surface area contributed by atoms with Crippen LogP contribution in [0.3, 0.4) is 0 Å². The third-order valence-electron chi connectivity index (χ3n) is 1.30. The fourth-order valence-electron chi connectivity index (χ4n) is 0.888. The quantitative estimate of drug-likeness (QED) is 0.538. The summed E-state index contributed by atoms with van der Waals surface area (Å²) in [5.74, 6) is 1.08.